The molecule has 0 spiro atoms. The summed E-state index contributed by atoms with van der Waals surface area (Å²) in [6.45, 7) is 0.867. The van der Waals surface area contributed by atoms with Crippen LogP contribution in [0.4, 0.5) is 0 Å². The van der Waals surface area contributed by atoms with Gasteiger partial charge in [-0.2, -0.15) is 10.2 Å². The molecule has 3 aromatic rings. The largest absolute Gasteiger partial charge is 0.390 e. The average molecular weight is 358 g/mol. The fourth-order valence-corrected chi connectivity index (χ4v) is 3.24. The van der Waals surface area contributed by atoms with Crippen LogP contribution in [0.2, 0.25) is 5.02 Å². The lowest BCUT2D eigenvalue weighted by molar-refractivity contribution is 0.0734. The van der Waals surface area contributed by atoms with Crippen LogP contribution >= 0.6 is 11.6 Å². The molecule has 0 bridgehead atoms. The van der Waals surface area contributed by atoms with Gasteiger partial charge in [0.05, 0.1) is 29.8 Å². The third kappa shape index (κ3) is 2.81. The van der Waals surface area contributed by atoms with Crippen LogP contribution in [0, 0.1) is 0 Å². The Hall–Kier alpha value is -2.64. The number of H-pyrrole nitrogens is 2. The maximum atomic E-state index is 13.0. The first-order valence-electron chi connectivity index (χ1n) is 7.92. The fraction of sp³-hybridized carbons (Fsp3) is 0.235. The van der Waals surface area contributed by atoms with E-state index in [9.17, 15) is 9.90 Å². The van der Waals surface area contributed by atoms with Crippen molar-refractivity contribution in [2.75, 3.05) is 6.54 Å². The Morgan fingerprint density at radius 1 is 1.28 bits per heavy atom. The molecule has 0 atom stereocenters. The monoisotopic (exact) mass is 357 g/mol. The molecule has 1 aromatic carbocycles. The molecule has 1 amide bonds. The second kappa shape index (κ2) is 6.34. The molecule has 7 nitrogen and oxygen atoms in total. The van der Waals surface area contributed by atoms with E-state index in [-0.39, 0.29) is 12.5 Å². The molecule has 8 heteroatoms. The van der Waals surface area contributed by atoms with Crippen LogP contribution in [-0.2, 0) is 19.6 Å². The minimum Gasteiger partial charge on any atom is -0.390 e. The molecular formula is C17H16ClN5O2. The number of hydrogen-bond acceptors (Lipinski definition) is 4. The van der Waals surface area contributed by atoms with Gasteiger partial charge in [0.25, 0.3) is 5.91 Å². The average Bonchev–Trinajstić information content (AvgIpc) is 3.28. The second-order valence-corrected chi connectivity index (χ2v) is 6.36. The van der Waals surface area contributed by atoms with Crippen LogP contribution in [0.5, 0.6) is 0 Å². The third-order valence-corrected chi connectivity index (χ3v) is 4.71. The van der Waals surface area contributed by atoms with Crippen LogP contribution in [0.25, 0.3) is 11.3 Å². The van der Waals surface area contributed by atoms with Gasteiger partial charge in [-0.05, 0) is 12.1 Å². The molecule has 0 saturated carbocycles. The van der Waals surface area contributed by atoms with E-state index in [1.807, 2.05) is 12.1 Å². The van der Waals surface area contributed by atoms with E-state index in [0.717, 1.165) is 16.8 Å². The fourth-order valence-electron chi connectivity index (χ4n) is 3.11. The zero-order valence-corrected chi connectivity index (χ0v) is 14.0. The maximum absolute atomic E-state index is 13.0. The van der Waals surface area contributed by atoms with Crippen LogP contribution < -0.4 is 0 Å². The molecule has 0 aliphatic carbocycles. The van der Waals surface area contributed by atoms with Crippen molar-refractivity contribution >= 4 is 17.5 Å². The Kier molecular flexibility index (Phi) is 4.03. The number of aromatic amines is 2. The highest BCUT2D eigenvalue weighted by molar-refractivity contribution is 6.30. The molecule has 128 valence electrons. The van der Waals surface area contributed by atoms with Gasteiger partial charge in [-0.1, -0.05) is 23.7 Å². The van der Waals surface area contributed by atoms with Gasteiger partial charge in [0.1, 0.15) is 0 Å². The number of fused-ring (bicyclic) bond motifs is 1. The highest BCUT2D eigenvalue weighted by Crippen LogP contribution is 2.26. The van der Waals surface area contributed by atoms with Gasteiger partial charge in [-0.15, -0.1) is 0 Å². The Morgan fingerprint density at radius 2 is 2.08 bits per heavy atom. The Balaban J connectivity index is 1.62. The molecule has 0 unspecified atom stereocenters. The molecule has 0 saturated heterocycles. The van der Waals surface area contributed by atoms with Crippen molar-refractivity contribution in [3.05, 3.63) is 58.0 Å². The molecule has 25 heavy (non-hydrogen) atoms. The summed E-state index contributed by atoms with van der Waals surface area (Å²) in [4.78, 5) is 14.8. The molecule has 2 aromatic heterocycles. The highest BCUT2D eigenvalue weighted by Gasteiger charge is 2.27. The van der Waals surface area contributed by atoms with E-state index in [2.05, 4.69) is 20.4 Å². The molecule has 0 fully saturated rings. The molecule has 1 aliphatic heterocycles. The second-order valence-electron chi connectivity index (χ2n) is 5.93. The molecule has 1 aliphatic rings. The third-order valence-electron chi connectivity index (χ3n) is 4.46. The SMILES string of the molecule is O=C(c1cn[nH]c1-c1ccc(Cl)cc1)N1CCc2[nH]nc(CO)c2C1. The van der Waals surface area contributed by atoms with Crippen molar-refractivity contribution in [2.45, 2.75) is 19.6 Å². The number of rotatable bonds is 3. The number of halogens is 1. The molecule has 3 N–H and O–H groups in total. The van der Waals surface area contributed by atoms with E-state index in [4.69, 9.17) is 11.6 Å². The van der Waals surface area contributed by atoms with Gasteiger partial charge < -0.3 is 10.0 Å². The number of benzene rings is 1. The zero-order chi connectivity index (χ0) is 17.4. The normalized spacial score (nSPS) is 13.8. The van der Waals surface area contributed by atoms with E-state index in [0.29, 0.717) is 41.5 Å². The number of amides is 1. The van der Waals surface area contributed by atoms with Gasteiger partial charge in [0.2, 0.25) is 0 Å². The smallest absolute Gasteiger partial charge is 0.258 e. The quantitative estimate of drug-likeness (QED) is 0.669. The van der Waals surface area contributed by atoms with Gasteiger partial charge in [0, 0.05) is 41.4 Å². The summed E-state index contributed by atoms with van der Waals surface area (Å²) in [5.74, 6) is -0.102. The van der Waals surface area contributed by atoms with Crippen molar-refractivity contribution in [1.82, 2.24) is 25.3 Å². The first-order valence-corrected chi connectivity index (χ1v) is 8.29. The first kappa shape index (κ1) is 15.9. The number of aromatic nitrogens is 4. The summed E-state index contributed by atoms with van der Waals surface area (Å²) in [6, 6.07) is 7.25. The van der Waals surface area contributed by atoms with Crippen LogP contribution in [-0.4, -0.2) is 42.9 Å². The molecule has 3 heterocycles. The number of hydrogen-bond donors (Lipinski definition) is 3. The summed E-state index contributed by atoms with van der Waals surface area (Å²) >= 11 is 5.93. The lowest BCUT2D eigenvalue weighted by Gasteiger charge is -2.27. The molecular weight excluding hydrogens is 342 g/mol. The van der Waals surface area contributed by atoms with Gasteiger partial charge in [-0.3, -0.25) is 15.0 Å². The van der Waals surface area contributed by atoms with Gasteiger partial charge >= 0.3 is 0 Å². The minimum atomic E-state index is -0.143. The number of aliphatic hydroxyl groups excluding tert-OH is 1. The highest BCUT2D eigenvalue weighted by atomic mass is 35.5. The summed E-state index contributed by atoms with van der Waals surface area (Å²) in [5, 5.41) is 24.0. The molecule has 0 radical (unpaired) electrons. The maximum Gasteiger partial charge on any atom is 0.258 e. The standard InChI is InChI=1S/C17H16ClN5O2/c18-11-3-1-10(2-4-11)16-12(7-19-22-16)17(25)23-6-5-14-13(8-23)15(9-24)21-20-14/h1-4,7,24H,5-6,8-9H2,(H,19,22)(H,20,21). The Bertz CT molecular complexity index is 902. The van der Waals surface area contributed by atoms with Crippen molar-refractivity contribution in [3.63, 3.8) is 0 Å². The van der Waals surface area contributed by atoms with Crippen molar-refractivity contribution in [1.29, 1.82) is 0 Å². The predicted molar refractivity (Wildman–Crippen MR) is 92.0 cm³/mol. The van der Waals surface area contributed by atoms with Crippen molar-refractivity contribution < 1.29 is 9.90 Å². The minimum absolute atomic E-state index is 0.102. The number of nitrogens with zero attached hydrogens (tertiary/aromatic N) is 3. The number of nitrogens with one attached hydrogen (secondary N) is 2. The number of aliphatic hydroxyl groups is 1. The predicted octanol–water partition coefficient (Wildman–Crippen LogP) is 2.14. The Labute approximate surface area is 148 Å². The topological polar surface area (TPSA) is 97.9 Å². The Morgan fingerprint density at radius 3 is 2.84 bits per heavy atom. The van der Waals surface area contributed by atoms with Crippen LogP contribution in [0.3, 0.4) is 0 Å². The summed E-state index contributed by atoms with van der Waals surface area (Å²) in [6.07, 6.45) is 2.23. The number of carbonyl (C=O) groups excluding carboxylic acids is 1. The first-order chi connectivity index (χ1) is 12.2. The van der Waals surface area contributed by atoms with Gasteiger partial charge in [0.15, 0.2) is 0 Å². The van der Waals surface area contributed by atoms with E-state index < -0.39 is 0 Å². The zero-order valence-electron chi connectivity index (χ0n) is 13.3. The van der Waals surface area contributed by atoms with E-state index in [1.54, 1.807) is 23.2 Å². The van der Waals surface area contributed by atoms with Crippen molar-refractivity contribution in [2.24, 2.45) is 0 Å². The van der Waals surface area contributed by atoms with E-state index in [1.165, 1.54) is 0 Å². The summed E-state index contributed by atoms with van der Waals surface area (Å²) < 4.78 is 0. The lowest BCUT2D eigenvalue weighted by atomic mass is 10.0. The molecule has 4 rings (SSSR count). The number of carbonyl (C=O) groups is 1. The lowest BCUT2D eigenvalue weighted by Crippen LogP contribution is -2.36. The van der Waals surface area contributed by atoms with E-state index >= 15 is 0 Å². The van der Waals surface area contributed by atoms with Crippen molar-refractivity contribution in [3.8, 4) is 11.3 Å². The van der Waals surface area contributed by atoms with Crippen LogP contribution in [0.15, 0.2) is 30.5 Å². The summed E-state index contributed by atoms with van der Waals surface area (Å²) in [7, 11) is 0. The van der Waals surface area contributed by atoms with Gasteiger partial charge in [-0.25, -0.2) is 0 Å². The summed E-state index contributed by atoms with van der Waals surface area (Å²) in [5.41, 5.74) is 4.51. The van der Waals surface area contributed by atoms with Crippen LogP contribution in [0.1, 0.15) is 27.3 Å².